The molecule has 0 bridgehead atoms. The first kappa shape index (κ1) is 28.1. The van der Waals surface area contributed by atoms with E-state index in [1.165, 1.54) is 53.6 Å². The van der Waals surface area contributed by atoms with E-state index in [-0.39, 0.29) is 23.3 Å². The third-order valence-corrected chi connectivity index (χ3v) is 9.87. The summed E-state index contributed by atoms with van der Waals surface area (Å²) in [5, 5.41) is 3.25. The maximum Gasteiger partial charge on any atom is 0.255 e. The summed E-state index contributed by atoms with van der Waals surface area (Å²) in [5.41, 5.74) is 3.07. The molecule has 1 atom stereocenters. The first-order valence-electron chi connectivity index (χ1n) is 12.8. The van der Waals surface area contributed by atoms with Gasteiger partial charge in [-0.25, -0.2) is 17.2 Å². The van der Waals surface area contributed by atoms with Crippen LogP contribution < -0.4 is 9.62 Å². The van der Waals surface area contributed by atoms with E-state index in [1.807, 2.05) is 29.7 Å². The fraction of sp³-hybridized carbons (Fsp3) is 0.276. The molecule has 0 spiro atoms. The molecule has 1 amide bonds. The van der Waals surface area contributed by atoms with Gasteiger partial charge in [0.2, 0.25) is 10.0 Å². The number of hydrogen-bond donors (Lipinski definition) is 1. The normalized spacial score (nSPS) is 16.3. The summed E-state index contributed by atoms with van der Waals surface area (Å²) in [4.78, 5) is 13.0. The molecule has 1 aromatic heterocycles. The molecular formula is C29H29F2N3O4S2. The highest BCUT2D eigenvalue weighted by Gasteiger charge is 2.33. The van der Waals surface area contributed by atoms with E-state index >= 15 is 0 Å². The quantitative estimate of drug-likeness (QED) is 0.267. The molecule has 0 aliphatic carbocycles. The van der Waals surface area contributed by atoms with E-state index in [9.17, 15) is 22.0 Å². The zero-order valence-electron chi connectivity index (χ0n) is 22.3. The summed E-state index contributed by atoms with van der Waals surface area (Å²) in [6, 6.07) is 14.6. The molecule has 1 saturated heterocycles. The lowest BCUT2D eigenvalue weighted by Crippen LogP contribution is -2.39. The molecular weight excluding hydrogens is 556 g/mol. The van der Waals surface area contributed by atoms with Crippen LogP contribution in [-0.4, -0.2) is 52.1 Å². The Balaban J connectivity index is 1.63. The van der Waals surface area contributed by atoms with Gasteiger partial charge in [0.1, 0.15) is 23.0 Å². The second-order valence-electron chi connectivity index (χ2n) is 9.64. The standard InChI is InChI=1S/C29H29F2N3O4S2/c1-32-29(35)27-24-15-23(19-6-5-13-34(17-19)40(36,37)22-8-4-7-21(31)14-22)25(33(2)39-3)16-26(24)38-28(27)18-9-11-20(30)12-10-18/h4,7-12,14-16,19H,5-6,13,17H2,1-3H3,(H,32,35). The third kappa shape index (κ3) is 5.21. The van der Waals surface area contributed by atoms with E-state index in [4.69, 9.17) is 4.42 Å². The number of fused-ring (bicyclic) bond motifs is 1. The minimum atomic E-state index is -3.91. The van der Waals surface area contributed by atoms with Gasteiger partial charge in [0, 0.05) is 50.5 Å². The van der Waals surface area contributed by atoms with Crippen molar-refractivity contribution in [3.05, 3.63) is 83.4 Å². The van der Waals surface area contributed by atoms with Crippen molar-refractivity contribution in [2.75, 3.05) is 37.7 Å². The van der Waals surface area contributed by atoms with Gasteiger partial charge < -0.3 is 14.0 Å². The van der Waals surface area contributed by atoms with Crippen LogP contribution in [0.3, 0.4) is 0 Å². The van der Waals surface area contributed by atoms with Crippen molar-refractivity contribution in [2.45, 2.75) is 23.7 Å². The van der Waals surface area contributed by atoms with Gasteiger partial charge in [0.25, 0.3) is 5.91 Å². The van der Waals surface area contributed by atoms with Gasteiger partial charge in [0.15, 0.2) is 0 Å². The van der Waals surface area contributed by atoms with Crippen molar-refractivity contribution in [3.8, 4) is 11.3 Å². The Morgan fingerprint density at radius 3 is 2.52 bits per heavy atom. The molecule has 5 rings (SSSR count). The lowest BCUT2D eigenvalue weighted by atomic mass is 9.89. The maximum absolute atomic E-state index is 13.9. The van der Waals surface area contributed by atoms with Crippen molar-refractivity contribution >= 4 is 44.5 Å². The number of amides is 1. The van der Waals surface area contributed by atoms with Crippen LogP contribution >= 0.6 is 11.9 Å². The van der Waals surface area contributed by atoms with Crippen LogP contribution in [0.5, 0.6) is 0 Å². The summed E-state index contributed by atoms with van der Waals surface area (Å²) in [6.07, 6.45) is 3.28. The first-order valence-corrected chi connectivity index (χ1v) is 15.4. The molecule has 1 aliphatic heterocycles. The number of nitrogens with zero attached hydrogens (tertiary/aromatic N) is 2. The summed E-state index contributed by atoms with van der Waals surface area (Å²) in [6.45, 7) is 0.534. The van der Waals surface area contributed by atoms with Gasteiger partial charge in [-0.3, -0.25) is 4.79 Å². The number of nitrogens with one attached hydrogen (secondary N) is 1. The van der Waals surface area contributed by atoms with Gasteiger partial charge in [-0.05, 0) is 72.9 Å². The summed E-state index contributed by atoms with van der Waals surface area (Å²) in [5.74, 6) is -1.23. The number of carbonyl (C=O) groups is 1. The van der Waals surface area contributed by atoms with E-state index in [1.54, 1.807) is 12.1 Å². The largest absolute Gasteiger partial charge is 0.455 e. The zero-order chi connectivity index (χ0) is 28.6. The second-order valence-corrected chi connectivity index (χ2v) is 12.5. The van der Waals surface area contributed by atoms with E-state index in [0.29, 0.717) is 40.8 Å². The van der Waals surface area contributed by atoms with Crippen LogP contribution in [0.4, 0.5) is 14.5 Å². The molecule has 1 fully saturated rings. The fourth-order valence-corrected chi connectivity index (χ4v) is 7.10. The Labute approximate surface area is 236 Å². The van der Waals surface area contributed by atoms with Crippen LogP contribution in [0.25, 0.3) is 22.3 Å². The Bertz CT molecular complexity index is 1670. The predicted octanol–water partition coefficient (Wildman–Crippen LogP) is 6.02. The topological polar surface area (TPSA) is 82.9 Å². The van der Waals surface area contributed by atoms with Gasteiger partial charge in [-0.15, -0.1) is 0 Å². The summed E-state index contributed by atoms with van der Waals surface area (Å²) >= 11 is 1.49. The molecule has 2 heterocycles. The van der Waals surface area contributed by atoms with Crippen LogP contribution in [0.2, 0.25) is 0 Å². The number of furan rings is 1. The molecule has 1 unspecified atom stereocenters. The van der Waals surface area contributed by atoms with Crippen molar-refractivity contribution in [1.29, 1.82) is 0 Å². The minimum Gasteiger partial charge on any atom is -0.455 e. The van der Waals surface area contributed by atoms with E-state index < -0.39 is 21.7 Å². The molecule has 210 valence electrons. The van der Waals surface area contributed by atoms with Crippen LogP contribution in [0.15, 0.2) is 70.0 Å². The number of anilines is 1. The van der Waals surface area contributed by atoms with Crippen LogP contribution in [-0.2, 0) is 10.0 Å². The molecule has 4 aromatic rings. The number of sulfonamides is 1. The van der Waals surface area contributed by atoms with Gasteiger partial charge >= 0.3 is 0 Å². The zero-order valence-corrected chi connectivity index (χ0v) is 23.9. The molecule has 40 heavy (non-hydrogen) atoms. The van der Waals surface area contributed by atoms with Gasteiger partial charge in [0.05, 0.1) is 16.1 Å². The first-order chi connectivity index (χ1) is 19.1. The van der Waals surface area contributed by atoms with Crippen molar-refractivity contribution in [1.82, 2.24) is 9.62 Å². The van der Waals surface area contributed by atoms with Crippen molar-refractivity contribution in [2.24, 2.45) is 0 Å². The Morgan fingerprint density at radius 2 is 1.85 bits per heavy atom. The molecule has 11 heteroatoms. The van der Waals surface area contributed by atoms with Crippen LogP contribution in [0.1, 0.15) is 34.7 Å². The predicted molar refractivity (Wildman–Crippen MR) is 154 cm³/mol. The molecule has 3 aromatic carbocycles. The van der Waals surface area contributed by atoms with Gasteiger partial charge in [-0.1, -0.05) is 18.0 Å². The maximum atomic E-state index is 13.9. The number of piperidine rings is 1. The number of rotatable bonds is 7. The molecule has 1 aliphatic rings. The van der Waals surface area contributed by atoms with E-state index in [2.05, 4.69) is 5.32 Å². The number of halogens is 2. The molecule has 7 nitrogen and oxygen atoms in total. The highest BCUT2D eigenvalue weighted by Crippen LogP contribution is 2.42. The smallest absolute Gasteiger partial charge is 0.255 e. The minimum absolute atomic E-state index is 0.0780. The number of benzene rings is 3. The lowest BCUT2D eigenvalue weighted by molar-refractivity contribution is 0.0964. The molecule has 1 N–H and O–H groups in total. The number of hydrogen-bond acceptors (Lipinski definition) is 6. The third-order valence-electron chi connectivity index (χ3n) is 7.27. The summed E-state index contributed by atoms with van der Waals surface area (Å²) in [7, 11) is -0.470. The second kappa shape index (κ2) is 11.2. The summed E-state index contributed by atoms with van der Waals surface area (Å²) < 4.78 is 63.9. The highest BCUT2D eigenvalue weighted by atomic mass is 32.2. The number of carbonyl (C=O) groups excluding carboxylic acids is 1. The highest BCUT2D eigenvalue weighted by molar-refractivity contribution is 7.99. The molecule has 0 radical (unpaired) electrons. The SMILES string of the molecule is CNC(=O)c1c(-c2ccc(F)cc2)oc2cc(N(C)SC)c(C3CCCN(S(=O)(=O)c4cccc(F)c4)C3)cc12. The van der Waals surface area contributed by atoms with E-state index in [0.717, 1.165) is 23.7 Å². The van der Waals surface area contributed by atoms with Crippen molar-refractivity contribution < 1.29 is 26.4 Å². The average Bonchev–Trinajstić information content (AvgIpc) is 3.34. The Morgan fingerprint density at radius 1 is 1.10 bits per heavy atom. The fourth-order valence-electron chi connectivity index (χ4n) is 5.19. The Hall–Kier alpha value is -3.41. The van der Waals surface area contributed by atoms with Crippen LogP contribution in [0, 0.1) is 11.6 Å². The molecule has 0 saturated carbocycles. The Kier molecular flexibility index (Phi) is 7.89. The lowest BCUT2D eigenvalue weighted by Gasteiger charge is -2.34. The van der Waals surface area contributed by atoms with Gasteiger partial charge in [-0.2, -0.15) is 4.31 Å². The van der Waals surface area contributed by atoms with Crippen molar-refractivity contribution in [3.63, 3.8) is 0 Å². The average molecular weight is 586 g/mol. The monoisotopic (exact) mass is 585 g/mol.